The van der Waals surface area contributed by atoms with Gasteiger partial charge in [-0.25, -0.2) is 13.2 Å². The van der Waals surface area contributed by atoms with Crippen molar-refractivity contribution in [3.05, 3.63) is 69.1 Å². The molecular formula is C17H16N4O4S. The number of hydrogen-bond donors (Lipinski definition) is 2. The van der Waals surface area contributed by atoms with Crippen LogP contribution in [0.5, 0.6) is 0 Å². The number of H-pyrrole nitrogens is 2. The molecule has 3 aromatic rings. The van der Waals surface area contributed by atoms with Gasteiger partial charge in [-0.1, -0.05) is 6.07 Å². The normalized spacial score (nSPS) is 14.8. The van der Waals surface area contributed by atoms with E-state index in [1.165, 1.54) is 22.5 Å². The van der Waals surface area contributed by atoms with Crippen LogP contribution in [0.25, 0.3) is 10.9 Å². The van der Waals surface area contributed by atoms with Gasteiger partial charge in [0.1, 0.15) is 0 Å². The van der Waals surface area contributed by atoms with E-state index in [-0.39, 0.29) is 22.9 Å². The zero-order valence-corrected chi connectivity index (χ0v) is 14.5. The number of pyridine rings is 1. The van der Waals surface area contributed by atoms with Crippen LogP contribution in [0.3, 0.4) is 0 Å². The first-order valence-corrected chi connectivity index (χ1v) is 9.56. The maximum Gasteiger partial charge on any atom is 0.326 e. The first-order valence-electron chi connectivity index (χ1n) is 8.12. The molecule has 2 heterocycles. The Bertz CT molecular complexity index is 1180. The lowest BCUT2D eigenvalue weighted by Crippen LogP contribution is -2.33. The fourth-order valence-corrected chi connectivity index (χ4v) is 4.58. The average molecular weight is 372 g/mol. The van der Waals surface area contributed by atoms with Crippen LogP contribution >= 0.6 is 0 Å². The summed E-state index contributed by atoms with van der Waals surface area (Å²) in [7, 11) is -3.79. The standard InChI is InChI=1S/C17H16N4O4S/c22-16-14-8-13(5-6-15(14)19-17(23)20-16)26(24,25)21(12-3-4-12)10-11-2-1-7-18-9-11/h1-2,5-9,12H,3-4,10H2,(H2,19,20,22,23). The van der Waals surface area contributed by atoms with Crippen LogP contribution in [0, 0.1) is 0 Å². The summed E-state index contributed by atoms with van der Waals surface area (Å²) in [6, 6.07) is 7.69. The quantitative estimate of drug-likeness (QED) is 0.692. The van der Waals surface area contributed by atoms with Gasteiger partial charge in [-0.15, -0.1) is 0 Å². The molecule has 134 valence electrons. The smallest absolute Gasteiger partial charge is 0.307 e. The number of hydrogen-bond acceptors (Lipinski definition) is 5. The summed E-state index contributed by atoms with van der Waals surface area (Å²) < 4.78 is 27.8. The predicted octanol–water partition coefficient (Wildman–Crippen LogP) is 0.965. The van der Waals surface area contributed by atoms with Crippen LogP contribution in [0.4, 0.5) is 0 Å². The molecule has 1 aliphatic rings. The third-order valence-electron chi connectivity index (χ3n) is 4.33. The minimum Gasteiger partial charge on any atom is -0.307 e. The van der Waals surface area contributed by atoms with Gasteiger partial charge in [0.2, 0.25) is 10.0 Å². The molecule has 0 amide bonds. The summed E-state index contributed by atoms with van der Waals surface area (Å²) >= 11 is 0. The molecule has 0 atom stereocenters. The summed E-state index contributed by atoms with van der Waals surface area (Å²) in [5.74, 6) is 0. The van der Waals surface area contributed by atoms with Gasteiger partial charge in [-0.05, 0) is 42.7 Å². The fraction of sp³-hybridized carbons (Fsp3) is 0.235. The number of benzene rings is 1. The molecular weight excluding hydrogens is 356 g/mol. The molecule has 2 aromatic heterocycles. The van der Waals surface area contributed by atoms with E-state index >= 15 is 0 Å². The first-order chi connectivity index (χ1) is 12.4. The lowest BCUT2D eigenvalue weighted by atomic mass is 10.2. The third kappa shape index (κ3) is 3.06. The maximum absolute atomic E-state index is 13.2. The number of nitrogens with zero attached hydrogens (tertiary/aromatic N) is 2. The lowest BCUT2D eigenvalue weighted by molar-refractivity contribution is 0.398. The second-order valence-electron chi connectivity index (χ2n) is 6.26. The van der Waals surface area contributed by atoms with Crippen molar-refractivity contribution in [1.29, 1.82) is 0 Å². The zero-order chi connectivity index (χ0) is 18.3. The Kier molecular flexibility index (Phi) is 3.97. The summed E-state index contributed by atoms with van der Waals surface area (Å²) in [6.45, 7) is 0.223. The monoisotopic (exact) mass is 372 g/mol. The number of sulfonamides is 1. The summed E-state index contributed by atoms with van der Waals surface area (Å²) in [5.41, 5.74) is -0.158. The number of nitrogens with one attached hydrogen (secondary N) is 2. The van der Waals surface area contributed by atoms with Crippen LogP contribution in [0.15, 0.2) is 57.2 Å². The molecule has 0 saturated heterocycles. The highest BCUT2D eigenvalue weighted by Gasteiger charge is 2.38. The minimum atomic E-state index is -3.79. The largest absolute Gasteiger partial charge is 0.326 e. The van der Waals surface area contributed by atoms with Gasteiger partial charge in [-0.2, -0.15) is 4.31 Å². The molecule has 2 N–H and O–H groups in total. The van der Waals surface area contributed by atoms with E-state index in [1.807, 2.05) is 6.07 Å². The Morgan fingerprint density at radius 3 is 2.65 bits per heavy atom. The molecule has 0 bridgehead atoms. The predicted molar refractivity (Wildman–Crippen MR) is 95.2 cm³/mol. The van der Waals surface area contributed by atoms with E-state index in [1.54, 1.807) is 18.5 Å². The van der Waals surface area contributed by atoms with Crippen molar-refractivity contribution in [3.8, 4) is 0 Å². The van der Waals surface area contributed by atoms with Crippen molar-refractivity contribution in [3.63, 3.8) is 0 Å². The first kappa shape index (κ1) is 16.7. The van der Waals surface area contributed by atoms with E-state index in [0.717, 1.165) is 18.4 Å². The van der Waals surface area contributed by atoms with E-state index in [9.17, 15) is 18.0 Å². The summed E-state index contributed by atoms with van der Waals surface area (Å²) in [5, 5.41) is 0.128. The molecule has 0 aliphatic heterocycles. The molecule has 0 spiro atoms. The maximum atomic E-state index is 13.2. The van der Waals surface area contributed by atoms with Gasteiger partial charge in [0.25, 0.3) is 5.56 Å². The van der Waals surface area contributed by atoms with Crippen LogP contribution < -0.4 is 11.2 Å². The van der Waals surface area contributed by atoms with Gasteiger partial charge >= 0.3 is 5.69 Å². The molecule has 1 aliphatic carbocycles. The molecule has 26 heavy (non-hydrogen) atoms. The molecule has 4 rings (SSSR count). The molecule has 9 heteroatoms. The second kappa shape index (κ2) is 6.19. The number of aromatic amines is 2. The SMILES string of the molecule is O=c1[nH]c(=O)c2cc(S(=O)(=O)N(Cc3cccnc3)C3CC3)ccc2[nH]1. The summed E-state index contributed by atoms with van der Waals surface area (Å²) in [6.07, 6.45) is 4.89. The van der Waals surface area contributed by atoms with Crippen LogP contribution in [0.2, 0.25) is 0 Å². The Morgan fingerprint density at radius 1 is 1.15 bits per heavy atom. The van der Waals surface area contributed by atoms with Crippen molar-refractivity contribution in [1.82, 2.24) is 19.3 Å². The Balaban J connectivity index is 1.78. The van der Waals surface area contributed by atoms with Gasteiger partial charge in [0.15, 0.2) is 0 Å². The van der Waals surface area contributed by atoms with Gasteiger partial charge in [0, 0.05) is 25.0 Å². The highest BCUT2D eigenvalue weighted by atomic mass is 32.2. The molecule has 1 aromatic carbocycles. The van der Waals surface area contributed by atoms with Crippen molar-refractivity contribution < 1.29 is 8.42 Å². The van der Waals surface area contributed by atoms with Crippen LogP contribution in [-0.2, 0) is 16.6 Å². The van der Waals surface area contributed by atoms with Crippen molar-refractivity contribution in [2.45, 2.75) is 30.3 Å². The van der Waals surface area contributed by atoms with Crippen molar-refractivity contribution in [2.75, 3.05) is 0 Å². The number of fused-ring (bicyclic) bond motifs is 1. The van der Waals surface area contributed by atoms with Crippen molar-refractivity contribution in [2.24, 2.45) is 0 Å². The molecule has 1 saturated carbocycles. The Hall–Kier alpha value is -2.78. The van der Waals surface area contributed by atoms with Gasteiger partial charge < -0.3 is 4.98 Å². The lowest BCUT2D eigenvalue weighted by Gasteiger charge is -2.22. The van der Waals surface area contributed by atoms with E-state index in [2.05, 4.69) is 15.0 Å². The minimum absolute atomic E-state index is 0.0262. The fourth-order valence-electron chi connectivity index (χ4n) is 2.88. The Labute approximate surface area is 148 Å². The molecule has 1 fully saturated rings. The Morgan fingerprint density at radius 2 is 1.96 bits per heavy atom. The number of rotatable bonds is 5. The topological polar surface area (TPSA) is 116 Å². The average Bonchev–Trinajstić information content (AvgIpc) is 3.45. The van der Waals surface area contributed by atoms with E-state index in [0.29, 0.717) is 5.52 Å². The van der Waals surface area contributed by atoms with E-state index < -0.39 is 21.3 Å². The molecule has 8 nitrogen and oxygen atoms in total. The third-order valence-corrected chi connectivity index (χ3v) is 6.23. The van der Waals surface area contributed by atoms with Gasteiger partial charge in [0.05, 0.1) is 15.8 Å². The van der Waals surface area contributed by atoms with Crippen LogP contribution in [-0.4, -0.2) is 33.7 Å². The van der Waals surface area contributed by atoms with Crippen molar-refractivity contribution >= 4 is 20.9 Å². The van der Waals surface area contributed by atoms with Gasteiger partial charge in [-0.3, -0.25) is 14.8 Å². The van der Waals surface area contributed by atoms with Crippen LogP contribution in [0.1, 0.15) is 18.4 Å². The summed E-state index contributed by atoms with van der Waals surface area (Å²) in [4.78, 5) is 32.0. The van der Waals surface area contributed by atoms with E-state index in [4.69, 9.17) is 0 Å². The highest BCUT2D eigenvalue weighted by molar-refractivity contribution is 7.89. The highest BCUT2D eigenvalue weighted by Crippen LogP contribution is 2.33. The number of aromatic nitrogens is 3. The second-order valence-corrected chi connectivity index (χ2v) is 8.15. The molecule has 0 unspecified atom stereocenters. The molecule has 0 radical (unpaired) electrons. The zero-order valence-electron chi connectivity index (χ0n) is 13.7.